The summed E-state index contributed by atoms with van der Waals surface area (Å²) in [5.41, 5.74) is 0.595. The van der Waals surface area contributed by atoms with Gasteiger partial charge in [0.15, 0.2) is 0 Å². The number of nitrogens with one attached hydrogen (secondary N) is 1. The van der Waals surface area contributed by atoms with Gasteiger partial charge in [0.25, 0.3) is 0 Å². The number of anilines is 1. The van der Waals surface area contributed by atoms with Gasteiger partial charge in [0, 0.05) is 13.1 Å². The number of likely N-dealkylation sites (N-methyl/N-ethyl adjacent to an activating group) is 1. The van der Waals surface area contributed by atoms with Gasteiger partial charge in [-0.1, -0.05) is 0 Å². The third-order valence-electron chi connectivity index (χ3n) is 3.15. The number of methoxy groups -OCH3 is 1. The van der Waals surface area contributed by atoms with Crippen molar-refractivity contribution in [1.29, 1.82) is 0 Å². The molecule has 24 heavy (non-hydrogen) atoms. The van der Waals surface area contributed by atoms with E-state index in [1.54, 1.807) is 0 Å². The molecule has 0 unspecified atom stereocenters. The van der Waals surface area contributed by atoms with Crippen molar-refractivity contribution in [2.24, 2.45) is 0 Å². The van der Waals surface area contributed by atoms with Gasteiger partial charge < -0.3 is 15.0 Å². The monoisotopic (exact) mass is 357 g/mol. The van der Waals surface area contributed by atoms with E-state index in [0.717, 1.165) is 10.6 Å². The molecule has 134 valence electrons. The van der Waals surface area contributed by atoms with Crippen LogP contribution >= 0.6 is 0 Å². The Kier molecular flexibility index (Phi) is 7.18. The largest absolute Gasteiger partial charge is 0.465 e. The Morgan fingerprint density at radius 3 is 2.21 bits per heavy atom. The number of carbonyl (C=O) groups excluding carboxylic acids is 2. The molecule has 1 N–H and O–H groups in total. The average molecular weight is 357 g/mol. The SMILES string of the molecule is COC(=O)c1ccc(N(CC(=O)NCCN(C)C)S(C)(=O)=O)cc1. The topological polar surface area (TPSA) is 96.0 Å². The van der Waals surface area contributed by atoms with Crippen molar-refractivity contribution in [1.82, 2.24) is 10.2 Å². The fourth-order valence-electron chi connectivity index (χ4n) is 1.89. The summed E-state index contributed by atoms with van der Waals surface area (Å²) >= 11 is 0. The van der Waals surface area contributed by atoms with E-state index in [1.807, 2.05) is 19.0 Å². The van der Waals surface area contributed by atoms with Gasteiger partial charge in [0.2, 0.25) is 15.9 Å². The third-order valence-corrected chi connectivity index (χ3v) is 4.29. The highest BCUT2D eigenvalue weighted by Gasteiger charge is 2.21. The van der Waals surface area contributed by atoms with Crippen LogP contribution in [-0.2, 0) is 19.6 Å². The van der Waals surface area contributed by atoms with Crippen LogP contribution in [0, 0.1) is 0 Å². The fraction of sp³-hybridized carbons (Fsp3) is 0.467. The molecule has 0 radical (unpaired) electrons. The van der Waals surface area contributed by atoms with Crippen molar-refractivity contribution in [3.05, 3.63) is 29.8 Å². The van der Waals surface area contributed by atoms with Crippen LogP contribution in [0.2, 0.25) is 0 Å². The minimum atomic E-state index is -3.65. The maximum Gasteiger partial charge on any atom is 0.337 e. The van der Waals surface area contributed by atoms with Gasteiger partial charge in [-0.25, -0.2) is 13.2 Å². The van der Waals surface area contributed by atoms with Crippen molar-refractivity contribution in [2.45, 2.75) is 0 Å². The minimum absolute atomic E-state index is 0.296. The Labute approximate surface area is 142 Å². The number of carbonyl (C=O) groups is 2. The second kappa shape index (κ2) is 8.65. The van der Waals surface area contributed by atoms with Gasteiger partial charge in [-0.3, -0.25) is 9.10 Å². The Balaban J connectivity index is 2.87. The molecule has 0 aromatic heterocycles. The zero-order chi connectivity index (χ0) is 18.3. The first-order valence-electron chi connectivity index (χ1n) is 7.22. The summed E-state index contributed by atoms with van der Waals surface area (Å²) in [5, 5.41) is 2.66. The number of ether oxygens (including phenoxy) is 1. The predicted octanol–water partition coefficient (Wildman–Crippen LogP) is -0.0830. The van der Waals surface area contributed by atoms with Crippen molar-refractivity contribution >= 4 is 27.6 Å². The van der Waals surface area contributed by atoms with Crippen LogP contribution < -0.4 is 9.62 Å². The van der Waals surface area contributed by atoms with Crippen LogP contribution in [0.15, 0.2) is 24.3 Å². The zero-order valence-corrected chi connectivity index (χ0v) is 15.1. The molecule has 0 fully saturated rings. The Morgan fingerprint density at radius 1 is 1.17 bits per heavy atom. The van der Waals surface area contributed by atoms with Crippen molar-refractivity contribution < 1.29 is 22.7 Å². The predicted molar refractivity (Wildman–Crippen MR) is 91.5 cm³/mol. The summed E-state index contributed by atoms with van der Waals surface area (Å²) in [6.45, 7) is 0.743. The minimum Gasteiger partial charge on any atom is -0.465 e. The van der Waals surface area contributed by atoms with Gasteiger partial charge >= 0.3 is 5.97 Å². The highest BCUT2D eigenvalue weighted by molar-refractivity contribution is 7.92. The van der Waals surface area contributed by atoms with Crippen LogP contribution in [0.5, 0.6) is 0 Å². The second-order valence-electron chi connectivity index (χ2n) is 5.46. The standard InChI is InChI=1S/C15H23N3O5S/c1-17(2)10-9-16-14(19)11-18(24(4,21)22)13-7-5-12(6-8-13)15(20)23-3/h5-8H,9-11H2,1-4H3,(H,16,19). The first-order chi connectivity index (χ1) is 11.1. The van der Waals surface area contributed by atoms with E-state index in [1.165, 1.54) is 31.4 Å². The summed E-state index contributed by atoms with van der Waals surface area (Å²) in [7, 11) is 1.36. The van der Waals surface area contributed by atoms with Gasteiger partial charge in [-0.05, 0) is 38.4 Å². The normalized spacial score (nSPS) is 11.2. The molecule has 0 saturated heterocycles. The molecule has 0 saturated carbocycles. The van der Waals surface area contributed by atoms with Crippen LogP contribution in [0.1, 0.15) is 10.4 Å². The number of hydrogen-bond donors (Lipinski definition) is 1. The number of amides is 1. The van der Waals surface area contributed by atoms with Gasteiger partial charge in [0.1, 0.15) is 6.54 Å². The summed E-state index contributed by atoms with van der Waals surface area (Å²) in [6.07, 6.45) is 1.02. The number of rotatable bonds is 8. The summed E-state index contributed by atoms with van der Waals surface area (Å²) < 4.78 is 29.5. The number of benzene rings is 1. The summed E-state index contributed by atoms with van der Waals surface area (Å²) in [6, 6.07) is 5.81. The smallest absolute Gasteiger partial charge is 0.337 e. The molecule has 9 heteroatoms. The highest BCUT2D eigenvalue weighted by atomic mass is 32.2. The molecule has 0 heterocycles. The van der Waals surface area contributed by atoms with Crippen LogP contribution in [0.4, 0.5) is 5.69 Å². The number of hydrogen-bond acceptors (Lipinski definition) is 6. The van der Waals surface area contributed by atoms with E-state index in [-0.39, 0.29) is 6.54 Å². The maximum absolute atomic E-state index is 12.0. The summed E-state index contributed by atoms with van der Waals surface area (Å²) in [5.74, 6) is -0.923. The molecule has 0 spiro atoms. The lowest BCUT2D eigenvalue weighted by Crippen LogP contribution is -2.42. The Hall–Kier alpha value is -2.13. The lowest BCUT2D eigenvalue weighted by molar-refractivity contribution is -0.119. The molecule has 0 atom stereocenters. The Morgan fingerprint density at radius 2 is 1.75 bits per heavy atom. The first-order valence-corrected chi connectivity index (χ1v) is 9.07. The molecular weight excluding hydrogens is 334 g/mol. The molecule has 0 aliphatic heterocycles. The van der Waals surface area contributed by atoms with Crippen molar-refractivity contribution in [2.75, 3.05) is 51.4 Å². The van der Waals surface area contributed by atoms with E-state index in [4.69, 9.17) is 0 Å². The zero-order valence-electron chi connectivity index (χ0n) is 14.3. The highest BCUT2D eigenvalue weighted by Crippen LogP contribution is 2.18. The molecule has 8 nitrogen and oxygen atoms in total. The van der Waals surface area contributed by atoms with Crippen molar-refractivity contribution in [3.8, 4) is 0 Å². The molecule has 1 aromatic rings. The molecular formula is C15H23N3O5S. The van der Waals surface area contributed by atoms with Crippen molar-refractivity contribution in [3.63, 3.8) is 0 Å². The average Bonchev–Trinajstić information content (AvgIpc) is 2.50. The van der Waals surface area contributed by atoms with Gasteiger partial charge in [-0.2, -0.15) is 0 Å². The fourth-order valence-corrected chi connectivity index (χ4v) is 2.74. The first kappa shape index (κ1) is 19.9. The molecule has 0 aliphatic carbocycles. The summed E-state index contributed by atoms with van der Waals surface area (Å²) in [4.78, 5) is 25.3. The number of nitrogens with zero attached hydrogens (tertiary/aromatic N) is 2. The molecule has 1 rings (SSSR count). The number of sulfonamides is 1. The maximum atomic E-state index is 12.0. The van der Waals surface area contributed by atoms with Gasteiger partial charge in [0.05, 0.1) is 24.6 Å². The lowest BCUT2D eigenvalue weighted by Gasteiger charge is -2.22. The lowest BCUT2D eigenvalue weighted by atomic mass is 10.2. The molecule has 1 aromatic carbocycles. The molecule has 1 amide bonds. The third kappa shape index (κ3) is 6.17. The van der Waals surface area contributed by atoms with E-state index in [2.05, 4.69) is 10.1 Å². The van der Waals surface area contributed by atoms with E-state index >= 15 is 0 Å². The quantitative estimate of drug-likeness (QED) is 0.654. The van der Waals surface area contributed by atoms with Crippen LogP contribution in [-0.4, -0.2) is 72.3 Å². The van der Waals surface area contributed by atoms with Crippen LogP contribution in [0.3, 0.4) is 0 Å². The second-order valence-corrected chi connectivity index (χ2v) is 7.37. The number of esters is 1. The van der Waals surface area contributed by atoms with E-state index in [0.29, 0.717) is 24.3 Å². The van der Waals surface area contributed by atoms with E-state index in [9.17, 15) is 18.0 Å². The molecule has 0 bridgehead atoms. The Bertz CT molecular complexity index is 671. The van der Waals surface area contributed by atoms with E-state index < -0.39 is 21.9 Å². The van der Waals surface area contributed by atoms with Crippen LogP contribution in [0.25, 0.3) is 0 Å². The van der Waals surface area contributed by atoms with Gasteiger partial charge in [-0.15, -0.1) is 0 Å². The molecule has 0 aliphatic rings.